The average molecular weight is 546 g/mol. The molecule has 1 atom stereocenters. The van der Waals surface area contributed by atoms with Gasteiger partial charge in [0.05, 0.1) is 35.5 Å². The Labute approximate surface area is 221 Å². The van der Waals surface area contributed by atoms with E-state index in [2.05, 4.69) is 5.10 Å². The minimum Gasteiger partial charge on any atom is -0.495 e. The van der Waals surface area contributed by atoms with Crippen molar-refractivity contribution in [2.45, 2.75) is 32.1 Å². The van der Waals surface area contributed by atoms with Crippen LogP contribution in [0.15, 0.2) is 71.5 Å². The maximum Gasteiger partial charge on any atom is 0.416 e. The standard InChI is InChI=1S/C28H24ClF4N3O2/c1-16-23(14-19-20(28(31,32)33)11-7-12-21(19)30)35-36(15-22(34)17-8-4-3-5-9-17)27(37)25(16)18-10-6-13-24(38-2)26(18)29/h3-13,22H,14-15,34H2,1-2H3. The SMILES string of the molecule is COc1cccc(-c2c(C)c(Cc3c(F)cccc3C(F)(F)F)nn(CC(N)c3ccccc3)c2=O)c1Cl. The molecule has 1 heterocycles. The lowest BCUT2D eigenvalue weighted by molar-refractivity contribution is -0.138. The average Bonchev–Trinajstić information content (AvgIpc) is 2.88. The summed E-state index contributed by atoms with van der Waals surface area (Å²) in [6.07, 6.45) is -5.29. The van der Waals surface area contributed by atoms with Gasteiger partial charge in [0.2, 0.25) is 0 Å². The van der Waals surface area contributed by atoms with Crippen molar-refractivity contribution < 1.29 is 22.3 Å². The van der Waals surface area contributed by atoms with E-state index in [1.54, 1.807) is 49.4 Å². The molecule has 1 unspecified atom stereocenters. The van der Waals surface area contributed by atoms with Gasteiger partial charge in [-0.1, -0.05) is 60.1 Å². The number of ether oxygens (including phenoxy) is 1. The number of benzene rings is 3. The molecule has 0 aliphatic heterocycles. The molecule has 4 aromatic rings. The summed E-state index contributed by atoms with van der Waals surface area (Å²) in [4.78, 5) is 13.7. The van der Waals surface area contributed by atoms with Crippen LogP contribution in [0, 0.1) is 12.7 Å². The van der Waals surface area contributed by atoms with E-state index in [1.165, 1.54) is 7.11 Å². The fourth-order valence-electron chi connectivity index (χ4n) is 4.33. The summed E-state index contributed by atoms with van der Waals surface area (Å²) in [7, 11) is 1.42. The summed E-state index contributed by atoms with van der Waals surface area (Å²) in [6.45, 7) is 1.47. The van der Waals surface area contributed by atoms with Crippen LogP contribution in [0.2, 0.25) is 5.02 Å². The summed E-state index contributed by atoms with van der Waals surface area (Å²) < 4.78 is 62.3. The second-order valence-electron chi connectivity index (χ2n) is 8.71. The molecule has 2 N–H and O–H groups in total. The van der Waals surface area contributed by atoms with E-state index in [4.69, 9.17) is 22.1 Å². The van der Waals surface area contributed by atoms with Crippen molar-refractivity contribution in [3.63, 3.8) is 0 Å². The predicted octanol–water partition coefficient (Wildman–Crippen LogP) is 6.33. The Morgan fingerprint density at radius 1 is 1.05 bits per heavy atom. The number of aromatic nitrogens is 2. The first-order chi connectivity index (χ1) is 18.0. The molecule has 5 nitrogen and oxygen atoms in total. The Kier molecular flexibility index (Phi) is 7.89. The zero-order chi connectivity index (χ0) is 27.6. The Balaban J connectivity index is 1.93. The molecule has 0 radical (unpaired) electrons. The Hall–Kier alpha value is -3.69. The lowest BCUT2D eigenvalue weighted by Gasteiger charge is -2.20. The number of methoxy groups -OCH3 is 1. The maximum atomic E-state index is 14.7. The van der Waals surface area contributed by atoms with Crippen LogP contribution in [-0.2, 0) is 19.1 Å². The third kappa shape index (κ3) is 5.44. The minimum atomic E-state index is -4.78. The quantitative estimate of drug-likeness (QED) is 0.276. The number of nitrogens with two attached hydrogens (primary N) is 1. The van der Waals surface area contributed by atoms with Crippen molar-refractivity contribution in [3.8, 4) is 16.9 Å². The summed E-state index contributed by atoms with van der Waals surface area (Å²) >= 11 is 6.54. The van der Waals surface area contributed by atoms with Crippen LogP contribution in [0.3, 0.4) is 0 Å². The number of rotatable bonds is 7. The number of nitrogens with zero attached hydrogens (tertiary/aromatic N) is 2. The van der Waals surface area contributed by atoms with Crippen molar-refractivity contribution >= 4 is 11.6 Å². The van der Waals surface area contributed by atoms with Gasteiger partial charge in [-0.3, -0.25) is 4.79 Å². The van der Waals surface area contributed by atoms with E-state index >= 15 is 0 Å². The third-order valence-corrected chi connectivity index (χ3v) is 6.71. The maximum absolute atomic E-state index is 14.7. The zero-order valence-electron chi connectivity index (χ0n) is 20.5. The van der Waals surface area contributed by atoms with Gasteiger partial charge < -0.3 is 10.5 Å². The molecule has 0 bridgehead atoms. The molecule has 0 saturated carbocycles. The van der Waals surface area contributed by atoms with Crippen LogP contribution in [0.1, 0.15) is 34.0 Å². The molecular formula is C28H24ClF4N3O2. The third-order valence-electron chi connectivity index (χ3n) is 6.32. The summed E-state index contributed by atoms with van der Waals surface area (Å²) in [5.74, 6) is -0.719. The number of halogens is 5. The minimum absolute atomic E-state index is 0.0753. The fourth-order valence-corrected chi connectivity index (χ4v) is 4.63. The van der Waals surface area contributed by atoms with Gasteiger partial charge in [0.25, 0.3) is 5.56 Å². The first kappa shape index (κ1) is 27.3. The van der Waals surface area contributed by atoms with Crippen molar-refractivity contribution in [3.05, 3.63) is 116 Å². The van der Waals surface area contributed by atoms with Crippen LogP contribution in [0.5, 0.6) is 5.75 Å². The molecule has 0 amide bonds. The van der Waals surface area contributed by atoms with Crippen LogP contribution in [0.4, 0.5) is 17.6 Å². The van der Waals surface area contributed by atoms with Crippen molar-refractivity contribution in [1.29, 1.82) is 0 Å². The molecular weight excluding hydrogens is 522 g/mol. The van der Waals surface area contributed by atoms with Gasteiger partial charge in [-0.2, -0.15) is 18.3 Å². The van der Waals surface area contributed by atoms with E-state index in [0.717, 1.165) is 28.4 Å². The van der Waals surface area contributed by atoms with Crippen LogP contribution in [-0.4, -0.2) is 16.9 Å². The van der Waals surface area contributed by atoms with Gasteiger partial charge in [0, 0.05) is 23.6 Å². The largest absolute Gasteiger partial charge is 0.495 e. The fraction of sp³-hybridized carbons (Fsp3) is 0.214. The molecule has 0 aliphatic carbocycles. The second kappa shape index (κ2) is 11.0. The van der Waals surface area contributed by atoms with E-state index in [9.17, 15) is 22.4 Å². The molecule has 0 aliphatic rings. The van der Waals surface area contributed by atoms with E-state index < -0.39 is 41.1 Å². The lowest BCUT2D eigenvalue weighted by atomic mass is 9.95. The summed E-state index contributed by atoms with van der Waals surface area (Å²) in [5, 5.41) is 4.52. The van der Waals surface area contributed by atoms with Gasteiger partial charge >= 0.3 is 6.18 Å². The molecule has 0 saturated heterocycles. The number of hydrogen-bond acceptors (Lipinski definition) is 4. The molecule has 0 spiro atoms. The Bertz CT molecular complexity index is 1520. The highest BCUT2D eigenvalue weighted by Crippen LogP contribution is 2.37. The van der Waals surface area contributed by atoms with Crippen LogP contribution in [0.25, 0.3) is 11.1 Å². The highest BCUT2D eigenvalue weighted by atomic mass is 35.5. The highest BCUT2D eigenvalue weighted by molar-refractivity contribution is 6.34. The smallest absolute Gasteiger partial charge is 0.416 e. The molecule has 1 aromatic heterocycles. The molecule has 38 heavy (non-hydrogen) atoms. The number of alkyl halides is 3. The van der Waals surface area contributed by atoms with Crippen molar-refractivity contribution in [2.24, 2.45) is 5.73 Å². The normalized spacial score (nSPS) is 12.4. The van der Waals surface area contributed by atoms with E-state index in [1.807, 2.05) is 6.07 Å². The lowest BCUT2D eigenvalue weighted by Crippen LogP contribution is -2.32. The Morgan fingerprint density at radius 3 is 2.39 bits per heavy atom. The summed E-state index contributed by atoms with van der Waals surface area (Å²) in [6, 6.07) is 16.0. The topological polar surface area (TPSA) is 70.1 Å². The molecule has 0 fully saturated rings. The van der Waals surface area contributed by atoms with Gasteiger partial charge in [0.1, 0.15) is 11.6 Å². The zero-order valence-corrected chi connectivity index (χ0v) is 21.3. The van der Waals surface area contributed by atoms with Gasteiger partial charge in [-0.05, 0) is 36.2 Å². The summed E-state index contributed by atoms with van der Waals surface area (Å²) in [5.41, 5.74) is 5.63. The second-order valence-corrected chi connectivity index (χ2v) is 9.09. The highest BCUT2D eigenvalue weighted by Gasteiger charge is 2.35. The molecule has 198 valence electrons. The van der Waals surface area contributed by atoms with Crippen LogP contribution < -0.4 is 16.0 Å². The molecule has 10 heteroatoms. The first-order valence-corrected chi connectivity index (χ1v) is 12.0. The van der Waals surface area contributed by atoms with Crippen molar-refractivity contribution in [1.82, 2.24) is 9.78 Å². The molecule has 4 rings (SSSR count). The predicted molar refractivity (Wildman–Crippen MR) is 138 cm³/mol. The Morgan fingerprint density at radius 2 is 1.74 bits per heavy atom. The number of hydrogen-bond donors (Lipinski definition) is 1. The molecule has 3 aromatic carbocycles. The van der Waals surface area contributed by atoms with Gasteiger partial charge in [-0.15, -0.1) is 0 Å². The van der Waals surface area contributed by atoms with Gasteiger partial charge in [0.15, 0.2) is 0 Å². The van der Waals surface area contributed by atoms with E-state index in [0.29, 0.717) is 11.3 Å². The van der Waals surface area contributed by atoms with Crippen molar-refractivity contribution in [2.75, 3.05) is 7.11 Å². The van der Waals surface area contributed by atoms with E-state index in [-0.39, 0.29) is 28.4 Å². The van der Waals surface area contributed by atoms with Gasteiger partial charge in [-0.25, -0.2) is 9.07 Å². The monoisotopic (exact) mass is 545 g/mol. The van der Waals surface area contributed by atoms with Crippen LogP contribution >= 0.6 is 11.6 Å². The first-order valence-electron chi connectivity index (χ1n) is 11.6.